The van der Waals surface area contributed by atoms with Crippen LogP contribution in [0.5, 0.6) is 0 Å². The molecule has 0 atom stereocenters. The molecule has 1 aliphatic carbocycles. The first-order chi connectivity index (χ1) is 7.65. The van der Waals surface area contributed by atoms with E-state index >= 15 is 0 Å². The molecule has 1 aromatic carbocycles. The summed E-state index contributed by atoms with van der Waals surface area (Å²) in [7, 11) is 1.95. The third-order valence-electron chi connectivity index (χ3n) is 2.50. The average Bonchev–Trinajstić information content (AvgIpc) is 2.70. The number of anilines is 1. The van der Waals surface area contributed by atoms with Crippen molar-refractivity contribution in [1.82, 2.24) is 0 Å². The van der Waals surface area contributed by atoms with Gasteiger partial charge in [-0.1, -0.05) is 18.2 Å². The Kier molecular flexibility index (Phi) is 12.0. The number of hydrogen-bond donors (Lipinski definition) is 1. The molecule has 0 unspecified atom stereocenters. The summed E-state index contributed by atoms with van der Waals surface area (Å²) in [5.41, 5.74) is 3.87. The molecule has 0 aromatic heterocycles. The van der Waals surface area contributed by atoms with Crippen LogP contribution < -0.4 is 30.1 Å². The number of rotatable bonds is 1. The number of aryl methyl sites for hydroxylation is 2. The predicted octanol–water partition coefficient (Wildman–Crippen LogP) is -2.27. The van der Waals surface area contributed by atoms with Gasteiger partial charge in [-0.2, -0.15) is 0 Å². The summed E-state index contributed by atoms with van der Waals surface area (Å²) in [6, 6.07) is 6.29. The number of benzene rings is 1. The minimum atomic E-state index is 0. The van der Waals surface area contributed by atoms with Gasteiger partial charge in [0.15, 0.2) is 0 Å². The van der Waals surface area contributed by atoms with Crippen LogP contribution in [0, 0.1) is 13.8 Å². The van der Waals surface area contributed by atoms with E-state index in [9.17, 15) is 0 Å². The average molecular weight is 319 g/mol. The molecule has 1 aliphatic rings. The molecular formula is C14H18Cl2NTi. The molecule has 0 saturated carbocycles. The van der Waals surface area contributed by atoms with Gasteiger partial charge in [-0.15, -0.1) is 0 Å². The second-order valence-corrected chi connectivity index (χ2v) is 4.84. The zero-order valence-corrected chi connectivity index (χ0v) is 14.0. The molecule has 2 rings (SSSR count). The molecule has 0 radical (unpaired) electrons. The van der Waals surface area contributed by atoms with Gasteiger partial charge in [0.05, 0.1) is 0 Å². The summed E-state index contributed by atoms with van der Waals surface area (Å²) in [5, 5.41) is 3.16. The summed E-state index contributed by atoms with van der Waals surface area (Å²) in [4.78, 5) is 0. The molecule has 0 spiro atoms. The van der Waals surface area contributed by atoms with E-state index in [1.54, 1.807) is 0 Å². The summed E-state index contributed by atoms with van der Waals surface area (Å²) in [6.07, 6.45) is 7.56. The fourth-order valence-electron chi connectivity index (χ4n) is 1.66. The molecule has 0 saturated heterocycles. The van der Waals surface area contributed by atoms with Crippen molar-refractivity contribution in [3.63, 3.8) is 0 Å². The Balaban J connectivity index is 0. The third kappa shape index (κ3) is 6.65. The van der Waals surface area contributed by atoms with E-state index in [0.29, 0.717) is 0 Å². The standard InChI is InChI=1S/C9H13N.C5H5.2ClH.Ti/c1-7-5-4-6-8(2)9(7)10-3;1-2-4-5-3-1;;;/h4-6,10H,1-3H3;1-3H,4H2;2*1H;/q;;;;+2/p-2. The molecule has 4 heteroatoms. The molecule has 1 aromatic rings. The first-order valence-corrected chi connectivity index (χ1v) is 6.24. The number of hydrogen-bond acceptors (Lipinski definition) is 1. The second-order valence-electron chi connectivity index (χ2n) is 3.84. The molecule has 0 fully saturated rings. The van der Waals surface area contributed by atoms with Crippen LogP contribution in [0.3, 0.4) is 0 Å². The number of para-hydroxylation sites is 1. The molecule has 1 nitrogen and oxygen atoms in total. The summed E-state index contributed by atoms with van der Waals surface area (Å²) in [5.74, 6) is 0. The third-order valence-corrected chi connectivity index (χ3v) is 3.08. The first kappa shape index (κ1) is 20.1. The Morgan fingerprint density at radius 1 is 1.11 bits per heavy atom. The van der Waals surface area contributed by atoms with Crippen LogP contribution in [0.4, 0.5) is 5.69 Å². The SMILES string of the molecule is CNc1c(C)cccc1C.[Cl-].[Cl-].[Ti+2][C]1=CC=CC1. The second kappa shape index (κ2) is 10.7. The van der Waals surface area contributed by atoms with Crippen molar-refractivity contribution in [3.05, 3.63) is 51.4 Å². The van der Waals surface area contributed by atoms with Crippen LogP contribution in [0.1, 0.15) is 17.5 Å². The molecule has 0 bridgehead atoms. The zero-order valence-electron chi connectivity index (χ0n) is 10.9. The first-order valence-electron chi connectivity index (χ1n) is 5.46. The maximum absolute atomic E-state index is 3.16. The Hall–Kier alpha value is -0.206. The summed E-state index contributed by atoms with van der Waals surface area (Å²) < 4.78 is 1.47. The van der Waals surface area contributed by atoms with Gasteiger partial charge in [0, 0.05) is 12.7 Å². The van der Waals surface area contributed by atoms with E-state index < -0.39 is 0 Å². The van der Waals surface area contributed by atoms with Gasteiger partial charge < -0.3 is 30.1 Å². The summed E-state index contributed by atoms with van der Waals surface area (Å²) >= 11 is 2.14. The van der Waals surface area contributed by atoms with Crippen molar-refractivity contribution in [2.24, 2.45) is 0 Å². The summed E-state index contributed by atoms with van der Waals surface area (Å²) in [6.45, 7) is 4.22. The Morgan fingerprint density at radius 2 is 1.67 bits per heavy atom. The fourth-order valence-corrected chi connectivity index (χ4v) is 1.99. The van der Waals surface area contributed by atoms with Gasteiger partial charge in [-0.05, 0) is 25.0 Å². The fraction of sp³-hybridized carbons (Fsp3) is 0.286. The van der Waals surface area contributed by atoms with Crippen molar-refractivity contribution >= 4 is 5.69 Å². The monoisotopic (exact) mass is 318 g/mol. The van der Waals surface area contributed by atoms with Gasteiger partial charge in [0.25, 0.3) is 0 Å². The maximum atomic E-state index is 3.16. The quantitative estimate of drug-likeness (QED) is 0.576. The van der Waals surface area contributed by atoms with Gasteiger partial charge >= 0.3 is 49.0 Å². The Bertz CT molecular complexity index is 394. The Labute approximate surface area is 134 Å². The molecule has 97 valence electrons. The molecular weight excluding hydrogens is 301 g/mol. The van der Waals surface area contributed by atoms with Crippen LogP contribution in [0.25, 0.3) is 0 Å². The van der Waals surface area contributed by atoms with Crippen molar-refractivity contribution in [2.45, 2.75) is 20.3 Å². The van der Waals surface area contributed by atoms with Crippen LogP contribution in [-0.2, 0) is 20.4 Å². The van der Waals surface area contributed by atoms with E-state index in [1.165, 1.54) is 27.1 Å². The van der Waals surface area contributed by atoms with Crippen molar-refractivity contribution in [1.29, 1.82) is 0 Å². The molecule has 1 N–H and O–H groups in total. The van der Waals surface area contributed by atoms with Gasteiger partial charge in [0.2, 0.25) is 0 Å². The topological polar surface area (TPSA) is 12.0 Å². The van der Waals surface area contributed by atoms with E-state index in [0.717, 1.165) is 0 Å². The van der Waals surface area contributed by atoms with Crippen molar-refractivity contribution in [3.8, 4) is 0 Å². The van der Waals surface area contributed by atoms with Gasteiger partial charge in [0.1, 0.15) is 0 Å². The Morgan fingerprint density at radius 3 is 1.89 bits per heavy atom. The van der Waals surface area contributed by atoms with Crippen LogP contribution in [-0.4, -0.2) is 7.05 Å². The van der Waals surface area contributed by atoms with E-state index in [-0.39, 0.29) is 24.8 Å². The van der Waals surface area contributed by atoms with Crippen molar-refractivity contribution < 1.29 is 45.2 Å². The van der Waals surface area contributed by atoms with Gasteiger partial charge in [-0.3, -0.25) is 0 Å². The van der Waals surface area contributed by atoms with E-state index in [1.807, 2.05) is 7.05 Å². The van der Waals surface area contributed by atoms with Crippen LogP contribution in [0.2, 0.25) is 0 Å². The van der Waals surface area contributed by atoms with Crippen LogP contribution >= 0.6 is 0 Å². The zero-order chi connectivity index (χ0) is 12.0. The molecule has 0 heterocycles. The number of halogens is 2. The normalized spacial score (nSPS) is 11.5. The molecule has 18 heavy (non-hydrogen) atoms. The molecule has 0 amide bonds. The number of allylic oxidation sites excluding steroid dienone is 4. The predicted molar refractivity (Wildman–Crippen MR) is 67.3 cm³/mol. The minimum absolute atomic E-state index is 0. The van der Waals surface area contributed by atoms with Crippen LogP contribution in [0.15, 0.2) is 40.3 Å². The van der Waals surface area contributed by atoms with E-state index in [4.69, 9.17) is 0 Å². The molecule has 0 aliphatic heterocycles. The number of nitrogens with one attached hydrogen (secondary N) is 1. The van der Waals surface area contributed by atoms with Crippen molar-refractivity contribution in [2.75, 3.05) is 12.4 Å². The van der Waals surface area contributed by atoms with Gasteiger partial charge in [-0.25, -0.2) is 0 Å². The van der Waals surface area contributed by atoms with E-state index in [2.05, 4.69) is 76.0 Å².